The summed E-state index contributed by atoms with van der Waals surface area (Å²) in [6.45, 7) is 3.26. The van der Waals surface area contributed by atoms with Crippen molar-refractivity contribution in [3.05, 3.63) is 40.3 Å². The Balaban J connectivity index is 1.61. The molecular formula is C24H36N4O6. The number of hydrogen-bond donors (Lipinski definition) is 3. The van der Waals surface area contributed by atoms with E-state index in [1.807, 2.05) is 13.0 Å². The maximum absolute atomic E-state index is 12.9. The molecule has 1 aliphatic carbocycles. The number of carbonyl (C=O) groups excluding carboxylic acids is 1. The Morgan fingerprint density at radius 3 is 2.74 bits per heavy atom. The molecule has 0 spiro atoms. The molecule has 1 saturated carbocycles. The molecule has 1 aromatic rings. The van der Waals surface area contributed by atoms with E-state index >= 15 is 0 Å². The molecule has 3 N–H and O–H groups in total. The largest absolute Gasteiger partial charge is 0.459 e. The van der Waals surface area contributed by atoms with E-state index < -0.39 is 11.2 Å². The third-order valence-corrected chi connectivity index (χ3v) is 6.55. The molecular weight excluding hydrogens is 440 g/mol. The van der Waals surface area contributed by atoms with Crippen LogP contribution < -0.4 is 10.6 Å². The molecule has 1 aliphatic heterocycles. The zero-order valence-corrected chi connectivity index (χ0v) is 19.8. The van der Waals surface area contributed by atoms with Gasteiger partial charge in [-0.15, -0.1) is 0 Å². The third kappa shape index (κ3) is 7.14. The van der Waals surface area contributed by atoms with Gasteiger partial charge in [0.2, 0.25) is 6.29 Å². The molecule has 3 atom stereocenters. The Kier molecular flexibility index (Phi) is 10.1. The van der Waals surface area contributed by atoms with E-state index in [0.717, 1.165) is 19.3 Å². The Labute approximate surface area is 200 Å². The number of nitrogens with zero attached hydrogens (tertiary/aromatic N) is 2. The number of aliphatic hydroxyl groups is 1. The summed E-state index contributed by atoms with van der Waals surface area (Å²) in [5.41, 5.74) is -0.0751. The van der Waals surface area contributed by atoms with Crippen LogP contribution in [0.4, 0.5) is 11.5 Å². The first-order valence-corrected chi connectivity index (χ1v) is 12.3. The molecule has 0 bridgehead atoms. The van der Waals surface area contributed by atoms with Crippen LogP contribution in [0, 0.1) is 27.9 Å². The van der Waals surface area contributed by atoms with Crippen molar-refractivity contribution < 1.29 is 24.3 Å². The molecule has 1 aromatic heterocycles. The lowest BCUT2D eigenvalue weighted by atomic mass is 9.71. The van der Waals surface area contributed by atoms with E-state index in [0.29, 0.717) is 43.6 Å². The van der Waals surface area contributed by atoms with Gasteiger partial charge in [-0.25, -0.2) is 4.98 Å². The first-order chi connectivity index (χ1) is 16.5. The van der Waals surface area contributed by atoms with Crippen molar-refractivity contribution in [2.45, 2.75) is 58.2 Å². The van der Waals surface area contributed by atoms with Crippen LogP contribution in [0.15, 0.2) is 30.2 Å². The summed E-state index contributed by atoms with van der Waals surface area (Å²) in [4.78, 5) is 27.1. The van der Waals surface area contributed by atoms with E-state index in [4.69, 9.17) is 9.47 Å². The van der Waals surface area contributed by atoms with Crippen LogP contribution in [0.3, 0.4) is 0 Å². The van der Waals surface area contributed by atoms with E-state index in [9.17, 15) is 20.0 Å². The topological polar surface area (TPSA) is 136 Å². The number of allylic oxidation sites excluding steroid dienone is 1. The van der Waals surface area contributed by atoms with Gasteiger partial charge in [-0.3, -0.25) is 14.9 Å². The molecule has 10 nitrogen and oxygen atoms in total. The van der Waals surface area contributed by atoms with E-state index in [2.05, 4.69) is 15.6 Å². The lowest BCUT2D eigenvalue weighted by Gasteiger charge is -2.41. The lowest BCUT2D eigenvalue weighted by Crippen LogP contribution is -2.42. The second-order valence-electron chi connectivity index (χ2n) is 8.82. The summed E-state index contributed by atoms with van der Waals surface area (Å²) >= 11 is 0. The number of anilines is 1. The fourth-order valence-corrected chi connectivity index (χ4v) is 4.90. The van der Waals surface area contributed by atoms with E-state index in [-0.39, 0.29) is 30.0 Å². The van der Waals surface area contributed by atoms with Gasteiger partial charge in [-0.1, -0.05) is 19.3 Å². The molecule has 0 radical (unpaired) electrons. The molecule has 1 fully saturated rings. The van der Waals surface area contributed by atoms with Crippen molar-refractivity contribution in [3.8, 4) is 0 Å². The fourth-order valence-electron chi connectivity index (χ4n) is 4.90. The van der Waals surface area contributed by atoms with Crippen LogP contribution in [0.1, 0.15) is 51.9 Å². The first kappa shape index (κ1) is 25.9. The number of ether oxygens (including phenoxy) is 2. The van der Waals surface area contributed by atoms with Crippen LogP contribution in [-0.2, 0) is 14.3 Å². The molecule has 3 rings (SSSR count). The predicted octanol–water partition coefficient (Wildman–Crippen LogP) is 3.38. The zero-order valence-electron chi connectivity index (χ0n) is 19.8. The van der Waals surface area contributed by atoms with Crippen LogP contribution in [-0.4, -0.2) is 53.5 Å². The SMILES string of the molecule is CCO[C@@H]1OC(C(=O)NCCNc2ccc([N+](=O)[O-])cn2)=C[C@H](C2CCCCC2)[C@@H]1CCCO. The molecule has 1 amide bonds. The van der Waals surface area contributed by atoms with E-state index in [1.54, 1.807) is 0 Å². The summed E-state index contributed by atoms with van der Waals surface area (Å²) in [6.07, 6.45) is 10.1. The summed E-state index contributed by atoms with van der Waals surface area (Å²) in [5.74, 6) is 1.28. The maximum atomic E-state index is 12.9. The van der Waals surface area contributed by atoms with E-state index in [1.165, 1.54) is 37.6 Å². The fraction of sp³-hybridized carbons (Fsp3) is 0.667. The smallest absolute Gasteiger partial charge is 0.287 e. The van der Waals surface area contributed by atoms with Gasteiger partial charge in [0, 0.05) is 38.3 Å². The Bertz CT molecular complexity index is 825. The minimum atomic E-state index is -0.503. The van der Waals surface area contributed by atoms with Gasteiger partial charge in [-0.05, 0) is 56.6 Å². The number of carbonyl (C=O) groups is 1. The van der Waals surface area contributed by atoms with Crippen molar-refractivity contribution in [2.75, 3.05) is 31.6 Å². The second-order valence-corrected chi connectivity index (χ2v) is 8.82. The number of aliphatic hydroxyl groups excluding tert-OH is 1. The lowest BCUT2D eigenvalue weighted by molar-refractivity contribution is -0.385. The Morgan fingerprint density at radius 1 is 1.29 bits per heavy atom. The maximum Gasteiger partial charge on any atom is 0.287 e. The number of aromatic nitrogens is 1. The van der Waals surface area contributed by atoms with Gasteiger partial charge < -0.3 is 25.2 Å². The molecule has 188 valence electrons. The average molecular weight is 477 g/mol. The highest BCUT2D eigenvalue weighted by atomic mass is 16.7. The van der Waals surface area contributed by atoms with Crippen LogP contribution in [0.25, 0.3) is 0 Å². The van der Waals surface area contributed by atoms with Gasteiger partial charge in [-0.2, -0.15) is 0 Å². The van der Waals surface area contributed by atoms with Crippen molar-refractivity contribution in [3.63, 3.8) is 0 Å². The monoisotopic (exact) mass is 476 g/mol. The van der Waals surface area contributed by atoms with Crippen molar-refractivity contribution in [2.24, 2.45) is 17.8 Å². The number of hydrogen-bond acceptors (Lipinski definition) is 8. The van der Waals surface area contributed by atoms with Crippen LogP contribution in [0.2, 0.25) is 0 Å². The molecule has 34 heavy (non-hydrogen) atoms. The van der Waals surface area contributed by atoms with Crippen molar-refractivity contribution >= 4 is 17.4 Å². The number of rotatable bonds is 12. The number of amides is 1. The Morgan fingerprint density at radius 2 is 2.09 bits per heavy atom. The van der Waals surface area contributed by atoms with Gasteiger partial charge >= 0.3 is 0 Å². The van der Waals surface area contributed by atoms with Crippen LogP contribution >= 0.6 is 0 Å². The molecule has 2 aliphatic rings. The molecule has 0 unspecified atom stereocenters. The van der Waals surface area contributed by atoms with Gasteiger partial charge in [0.05, 0.1) is 4.92 Å². The minimum Gasteiger partial charge on any atom is -0.459 e. The quantitative estimate of drug-likeness (QED) is 0.237. The summed E-state index contributed by atoms with van der Waals surface area (Å²) in [6, 6.07) is 2.90. The molecule has 2 heterocycles. The van der Waals surface area contributed by atoms with Gasteiger partial charge in [0.25, 0.3) is 11.6 Å². The number of nitrogens with one attached hydrogen (secondary N) is 2. The third-order valence-electron chi connectivity index (χ3n) is 6.55. The summed E-state index contributed by atoms with van der Waals surface area (Å²) in [5, 5.41) is 26.0. The van der Waals surface area contributed by atoms with Gasteiger partial charge in [0.15, 0.2) is 5.76 Å². The normalized spacial score (nSPS) is 23.0. The minimum absolute atomic E-state index is 0.0751. The molecule has 0 aromatic carbocycles. The van der Waals surface area contributed by atoms with Crippen LogP contribution in [0.5, 0.6) is 0 Å². The standard InChI is InChI=1S/C24H36N4O6/c1-2-33-24-19(9-6-14-29)20(17-7-4-3-5-8-17)15-21(34-24)23(30)26-13-12-25-22-11-10-18(16-27-22)28(31)32/h10-11,15-17,19-20,24,29H,2-9,12-14H2,1H3,(H,25,27)(H,26,30)/t19-,20+,24+/m0/s1. The summed E-state index contributed by atoms with van der Waals surface area (Å²) in [7, 11) is 0. The Hall–Kier alpha value is -2.72. The second kappa shape index (κ2) is 13.2. The highest BCUT2D eigenvalue weighted by Crippen LogP contribution is 2.42. The molecule has 0 saturated heterocycles. The zero-order chi connectivity index (χ0) is 24.3. The first-order valence-electron chi connectivity index (χ1n) is 12.3. The predicted molar refractivity (Wildman–Crippen MR) is 127 cm³/mol. The highest BCUT2D eigenvalue weighted by molar-refractivity contribution is 5.91. The average Bonchev–Trinajstić information content (AvgIpc) is 2.86. The van der Waals surface area contributed by atoms with Gasteiger partial charge in [0.1, 0.15) is 12.0 Å². The number of pyridine rings is 1. The van der Waals surface area contributed by atoms with Crippen molar-refractivity contribution in [1.82, 2.24) is 10.3 Å². The molecule has 10 heteroatoms. The summed E-state index contributed by atoms with van der Waals surface area (Å²) < 4.78 is 11.9. The highest BCUT2D eigenvalue weighted by Gasteiger charge is 2.40. The van der Waals surface area contributed by atoms with Crippen molar-refractivity contribution in [1.29, 1.82) is 0 Å². The number of nitro groups is 1.